The molecule has 0 aliphatic heterocycles. The molecule has 2 nitrogen and oxygen atoms in total. The van der Waals surface area contributed by atoms with Crippen LogP contribution in [0.5, 0.6) is 5.75 Å². The predicted octanol–water partition coefficient (Wildman–Crippen LogP) is 4.31. The quantitative estimate of drug-likeness (QED) is 0.783. The Morgan fingerprint density at radius 1 is 1.19 bits per heavy atom. The van der Waals surface area contributed by atoms with Gasteiger partial charge >= 0.3 is 0 Å². The van der Waals surface area contributed by atoms with Crippen LogP contribution >= 0.6 is 0 Å². The van der Waals surface area contributed by atoms with Crippen molar-refractivity contribution in [3.63, 3.8) is 0 Å². The van der Waals surface area contributed by atoms with Gasteiger partial charge in [0.1, 0.15) is 5.75 Å². The number of hydrogen-bond acceptors (Lipinski definition) is 2. The number of fused-ring (bicyclic) bond motifs is 1. The first-order valence-electron chi connectivity index (χ1n) is 7.47. The predicted molar refractivity (Wildman–Crippen MR) is 84.2 cm³/mol. The van der Waals surface area contributed by atoms with Crippen LogP contribution < -0.4 is 4.74 Å². The topological polar surface area (TPSA) is 26.3 Å². The second-order valence-electron chi connectivity index (χ2n) is 5.71. The molecule has 0 amide bonds. The number of aryl methyl sites for hydroxylation is 2. The van der Waals surface area contributed by atoms with Crippen LogP contribution in [-0.2, 0) is 6.42 Å². The van der Waals surface area contributed by atoms with E-state index in [2.05, 4.69) is 18.2 Å². The van der Waals surface area contributed by atoms with E-state index in [-0.39, 0.29) is 11.7 Å². The van der Waals surface area contributed by atoms with Crippen molar-refractivity contribution in [2.45, 2.75) is 32.1 Å². The summed E-state index contributed by atoms with van der Waals surface area (Å²) >= 11 is 0. The molecule has 0 aromatic heterocycles. The molecule has 2 heteroatoms. The summed E-state index contributed by atoms with van der Waals surface area (Å²) in [6, 6.07) is 14.1. The van der Waals surface area contributed by atoms with Gasteiger partial charge in [-0.3, -0.25) is 4.79 Å². The maximum absolute atomic E-state index is 13.0. The Labute approximate surface area is 125 Å². The second-order valence-corrected chi connectivity index (χ2v) is 5.71. The van der Waals surface area contributed by atoms with E-state index < -0.39 is 0 Å². The molecule has 0 N–H and O–H groups in total. The summed E-state index contributed by atoms with van der Waals surface area (Å²) in [4.78, 5) is 13.0. The van der Waals surface area contributed by atoms with Crippen LogP contribution in [0.25, 0.3) is 0 Å². The van der Waals surface area contributed by atoms with Gasteiger partial charge < -0.3 is 4.74 Å². The largest absolute Gasteiger partial charge is 0.496 e. The third kappa shape index (κ3) is 2.58. The van der Waals surface area contributed by atoms with Gasteiger partial charge in [-0.1, -0.05) is 35.9 Å². The molecule has 0 fully saturated rings. The SMILES string of the molecule is COc1ccc(C)cc1C(=O)C1CCCc2ccccc21. The Bertz CT molecular complexity index is 673. The summed E-state index contributed by atoms with van der Waals surface area (Å²) in [5.74, 6) is 0.821. The minimum absolute atomic E-state index is 0.0364. The van der Waals surface area contributed by atoms with Crippen molar-refractivity contribution in [1.82, 2.24) is 0 Å². The molecule has 1 aliphatic rings. The van der Waals surface area contributed by atoms with E-state index >= 15 is 0 Å². The van der Waals surface area contributed by atoms with Crippen LogP contribution in [0.3, 0.4) is 0 Å². The molecule has 0 bridgehead atoms. The molecule has 0 spiro atoms. The Balaban J connectivity index is 2.02. The lowest BCUT2D eigenvalue weighted by Crippen LogP contribution is -2.19. The first-order chi connectivity index (χ1) is 10.2. The number of carbonyl (C=O) groups excluding carboxylic acids is 1. The van der Waals surface area contributed by atoms with Crippen molar-refractivity contribution in [2.75, 3.05) is 7.11 Å². The van der Waals surface area contributed by atoms with Crippen molar-refractivity contribution in [3.8, 4) is 5.75 Å². The van der Waals surface area contributed by atoms with E-state index in [1.165, 1.54) is 11.1 Å². The normalized spacial score (nSPS) is 17.1. The highest BCUT2D eigenvalue weighted by Gasteiger charge is 2.28. The lowest BCUT2D eigenvalue weighted by Gasteiger charge is -2.25. The second kappa shape index (κ2) is 5.72. The van der Waals surface area contributed by atoms with Crippen LogP contribution in [0.1, 0.15) is 45.8 Å². The van der Waals surface area contributed by atoms with Gasteiger partial charge in [0.2, 0.25) is 0 Å². The fourth-order valence-electron chi connectivity index (χ4n) is 3.23. The monoisotopic (exact) mass is 280 g/mol. The summed E-state index contributed by atoms with van der Waals surface area (Å²) < 4.78 is 5.38. The lowest BCUT2D eigenvalue weighted by atomic mass is 9.78. The molecule has 21 heavy (non-hydrogen) atoms. The van der Waals surface area contributed by atoms with Crippen LogP contribution in [0.15, 0.2) is 42.5 Å². The summed E-state index contributed by atoms with van der Waals surface area (Å²) in [5.41, 5.74) is 4.30. The number of Topliss-reactive ketones (excluding diaryl/α,β-unsaturated/α-hetero) is 1. The molecule has 2 aromatic rings. The maximum Gasteiger partial charge on any atom is 0.174 e. The number of rotatable bonds is 3. The van der Waals surface area contributed by atoms with E-state index in [1.807, 2.05) is 31.2 Å². The summed E-state index contributed by atoms with van der Waals surface area (Å²) in [6.45, 7) is 2.00. The number of benzene rings is 2. The Hall–Kier alpha value is -2.09. The Kier molecular flexibility index (Phi) is 3.78. The number of ether oxygens (including phenoxy) is 1. The van der Waals surface area contributed by atoms with Gasteiger partial charge in [-0.15, -0.1) is 0 Å². The van der Waals surface area contributed by atoms with Crippen molar-refractivity contribution in [2.24, 2.45) is 0 Å². The van der Waals surface area contributed by atoms with Crippen LogP contribution in [-0.4, -0.2) is 12.9 Å². The summed E-state index contributed by atoms with van der Waals surface area (Å²) in [7, 11) is 1.62. The Morgan fingerprint density at radius 3 is 2.81 bits per heavy atom. The van der Waals surface area contributed by atoms with E-state index in [1.54, 1.807) is 7.11 Å². The lowest BCUT2D eigenvalue weighted by molar-refractivity contribution is 0.0948. The van der Waals surface area contributed by atoms with Gasteiger partial charge in [0.15, 0.2) is 5.78 Å². The highest BCUT2D eigenvalue weighted by molar-refractivity contribution is 6.03. The maximum atomic E-state index is 13.0. The van der Waals surface area contributed by atoms with Crippen LogP contribution in [0.4, 0.5) is 0 Å². The molecule has 0 saturated heterocycles. The number of methoxy groups -OCH3 is 1. The fraction of sp³-hybridized carbons (Fsp3) is 0.316. The fourth-order valence-corrected chi connectivity index (χ4v) is 3.23. The summed E-state index contributed by atoms with van der Waals surface area (Å²) in [6.07, 6.45) is 3.07. The van der Waals surface area contributed by atoms with Gasteiger partial charge in [-0.05, 0) is 49.4 Å². The van der Waals surface area contributed by atoms with Gasteiger partial charge in [0.25, 0.3) is 0 Å². The molecular weight excluding hydrogens is 260 g/mol. The zero-order valence-electron chi connectivity index (χ0n) is 12.6. The van der Waals surface area contributed by atoms with Crippen LogP contribution in [0, 0.1) is 6.92 Å². The molecule has 1 aliphatic carbocycles. The van der Waals surface area contributed by atoms with Gasteiger partial charge in [-0.2, -0.15) is 0 Å². The van der Waals surface area contributed by atoms with E-state index in [9.17, 15) is 4.79 Å². The third-order valence-electron chi connectivity index (χ3n) is 4.31. The molecule has 1 unspecified atom stereocenters. The van der Waals surface area contributed by atoms with Gasteiger partial charge in [-0.25, -0.2) is 0 Å². The molecule has 2 aromatic carbocycles. The van der Waals surface area contributed by atoms with Crippen molar-refractivity contribution < 1.29 is 9.53 Å². The average molecular weight is 280 g/mol. The summed E-state index contributed by atoms with van der Waals surface area (Å²) in [5, 5.41) is 0. The number of ketones is 1. The smallest absolute Gasteiger partial charge is 0.174 e. The van der Waals surface area contributed by atoms with E-state index in [0.29, 0.717) is 11.3 Å². The Morgan fingerprint density at radius 2 is 2.00 bits per heavy atom. The van der Waals surface area contributed by atoms with Gasteiger partial charge in [0.05, 0.1) is 12.7 Å². The highest BCUT2D eigenvalue weighted by Crippen LogP contribution is 2.36. The van der Waals surface area contributed by atoms with E-state index in [0.717, 1.165) is 24.8 Å². The average Bonchev–Trinajstić information content (AvgIpc) is 2.53. The molecule has 0 heterocycles. The number of carbonyl (C=O) groups is 1. The van der Waals surface area contributed by atoms with E-state index in [4.69, 9.17) is 4.74 Å². The molecule has 1 atom stereocenters. The molecule has 108 valence electrons. The van der Waals surface area contributed by atoms with Gasteiger partial charge in [0, 0.05) is 5.92 Å². The molecule has 3 rings (SSSR count). The third-order valence-corrected chi connectivity index (χ3v) is 4.31. The van der Waals surface area contributed by atoms with Crippen molar-refractivity contribution in [3.05, 3.63) is 64.7 Å². The van der Waals surface area contributed by atoms with Crippen LogP contribution in [0.2, 0.25) is 0 Å². The minimum Gasteiger partial charge on any atom is -0.496 e. The standard InChI is InChI=1S/C19H20O2/c1-13-10-11-18(21-2)17(12-13)19(20)16-9-5-7-14-6-3-4-8-15(14)16/h3-4,6,8,10-12,16H,5,7,9H2,1-2H3. The number of hydrogen-bond donors (Lipinski definition) is 0. The highest BCUT2D eigenvalue weighted by atomic mass is 16.5. The zero-order valence-corrected chi connectivity index (χ0v) is 12.6. The molecule has 0 radical (unpaired) electrons. The van der Waals surface area contributed by atoms with Crippen molar-refractivity contribution >= 4 is 5.78 Å². The first-order valence-corrected chi connectivity index (χ1v) is 7.47. The molecule has 0 saturated carbocycles. The zero-order chi connectivity index (χ0) is 14.8. The minimum atomic E-state index is -0.0364. The first kappa shape index (κ1) is 13.9. The van der Waals surface area contributed by atoms with Crippen molar-refractivity contribution in [1.29, 1.82) is 0 Å². The molecular formula is C19H20O2.